The zero-order valence-corrected chi connectivity index (χ0v) is 11.5. The molecule has 2 nitrogen and oxygen atoms in total. The largest absolute Gasteiger partial charge is 0.271 e. The molecule has 1 heterocycles. The van der Waals surface area contributed by atoms with E-state index < -0.39 is 0 Å². The molecule has 1 aliphatic carbocycles. The van der Waals surface area contributed by atoms with Crippen LogP contribution in [0.4, 0.5) is 0 Å². The maximum absolute atomic E-state index is 5.74. The van der Waals surface area contributed by atoms with Gasteiger partial charge in [-0.1, -0.05) is 32.3 Å². The van der Waals surface area contributed by atoms with Crippen molar-refractivity contribution in [2.75, 3.05) is 0 Å². The van der Waals surface area contributed by atoms with Gasteiger partial charge < -0.3 is 0 Å². The summed E-state index contributed by atoms with van der Waals surface area (Å²) in [5.41, 5.74) is 3.05. The molecule has 0 aromatic carbocycles. The van der Waals surface area contributed by atoms with Crippen molar-refractivity contribution < 1.29 is 0 Å². The smallest absolute Gasteiger partial charge is 0.0286 e. The first-order valence-electron chi connectivity index (χ1n) is 6.82. The fraction of sp³-hybridized carbons (Fsp3) is 0.714. The van der Waals surface area contributed by atoms with Gasteiger partial charge in [0.25, 0.3) is 0 Å². The summed E-state index contributed by atoms with van der Waals surface area (Å²) in [7, 11) is 0. The maximum Gasteiger partial charge on any atom is 0.0286 e. The van der Waals surface area contributed by atoms with E-state index >= 15 is 0 Å². The molecule has 17 heavy (non-hydrogen) atoms. The van der Waals surface area contributed by atoms with Crippen molar-refractivity contribution >= 4 is 11.3 Å². The zero-order valence-electron chi connectivity index (χ0n) is 10.7. The van der Waals surface area contributed by atoms with Gasteiger partial charge in [-0.3, -0.25) is 11.3 Å². The summed E-state index contributed by atoms with van der Waals surface area (Å²) in [6, 6.07) is 4.81. The minimum atomic E-state index is 0.464. The van der Waals surface area contributed by atoms with Crippen molar-refractivity contribution in [2.24, 2.45) is 17.7 Å². The Labute approximate surface area is 109 Å². The molecular formula is C14H24N2S. The minimum absolute atomic E-state index is 0.464. The van der Waals surface area contributed by atoms with Gasteiger partial charge >= 0.3 is 0 Å². The Morgan fingerprint density at radius 1 is 1.41 bits per heavy atom. The molecule has 3 heteroatoms. The summed E-state index contributed by atoms with van der Waals surface area (Å²) in [5.74, 6) is 7.47. The van der Waals surface area contributed by atoms with E-state index in [2.05, 4.69) is 29.9 Å². The monoisotopic (exact) mass is 252 g/mol. The van der Waals surface area contributed by atoms with E-state index in [-0.39, 0.29) is 0 Å². The second kappa shape index (κ2) is 6.53. The third-order valence-electron chi connectivity index (χ3n) is 4.25. The second-order valence-electron chi connectivity index (χ2n) is 5.25. The fourth-order valence-electron chi connectivity index (χ4n) is 3.01. The average molecular weight is 252 g/mol. The van der Waals surface area contributed by atoms with Crippen LogP contribution < -0.4 is 11.3 Å². The van der Waals surface area contributed by atoms with Crippen LogP contribution in [0.3, 0.4) is 0 Å². The van der Waals surface area contributed by atoms with Gasteiger partial charge in [-0.2, -0.15) is 0 Å². The van der Waals surface area contributed by atoms with Crippen molar-refractivity contribution in [1.29, 1.82) is 0 Å². The molecule has 3 N–H and O–H groups in total. The highest BCUT2D eigenvalue weighted by atomic mass is 32.1. The lowest BCUT2D eigenvalue weighted by atomic mass is 9.77. The first kappa shape index (κ1) is 13.1. The summed E-state index contributed by atoms with van der Waals surface area (Å²) < 4.78 is 0. The highest BCUT2D eigenvalue weighted by molar-refractivity contribution is 7.09. The molecular weight excluding hydrogens is 228 g/mol. The SMILES string of the molecule is CCC1CCC(C(Cc2cccs2)NN)CC1. The summed E-state index contributed by atoms with van der Waals surface area (Å²) in [6.07, 6.45) is 7.92. The van der Waals surface area contributed by atoms with Crippen molar-refractivity contribution in [3.63, 3.8) is 0 Å². The Morgan fingerprint density at radius 2 is 2.18 bits per heavy atom. The third kappa shape index (κ3) is 3.54. The van der Waals surface area contributed by atoms with Crippen molar-refractivity contribution in [2.45, 2.75) is 51.5 Å². The molecule has 0 saturated heterocycles. The number of hydrogen-bond donors (Lipinski definition) is 2. The van der Waals surface area contributed by atoms with Crippen molar-refractivity contribution in [1.82, 2.24) is 5.43 Å². The Morgan fingerprint density at radius 3 is 2.71 bits per heavy atom. The van der Waals surface area contributed by atoms with Crippen molar-refractivity contribution in [3.8, 4) is 0 Å². The molecule has 1 saturated carbocycles. The molecule has 0 radical (unpaired) electrons. The summed E-state index contributed by atoms with van der Waals surface area (Å²) in [6.45, 7) is 2.31. The van der Waals surface area contributed by atoms with Gasteiger partial charge in [-0.25, -0.2) is 0 Å². The Kier molecular flexibility index (Phi) is 5.01. The first-order valence-corrected chi connectivity index (χ1v) is 7.70. The number of hydrogen-bond acceptors (Lipinski definition) is 3. The lowest BCUT2D eigenvalue weighted by Gasteiger charge is -2.33. The van der Waals surface area contributed by atoms with E-state index in [0.717, 1.165) is 18.3 Å². The molecule has 0 bridgehead atoms. The molecule has 1 aromatic heterocycles. The van der Waals surface area contributed by atoms with Gasteiger partial charge in [0, 0.05) is 10.9 Å². The summed E-state index contributed by atoms with van der Waals surface area (Å²) >= 11 is 1.84. The highest BCUT2D eigenvalue weighted by Crippen LogP contribution is 2.33. The van der Waals surface area contributed by atoms with Gasteiger partial charge in [0.05, 0.1) is 0 Å². The van der Waals surface area contributed by atoms with Crippen LogP contribution in [0.15, 0.2) is 17.5 Å². The van der Waals surface area contributed by atoms with Crippen LogP contribution in [0.25, 0.3) is 0 Å². The molecule has 0 aliphatic heterocycles. The minimum Gasteiger partial charge on any atom is -0.271 e. The lowest BCUT2D eigenvalue weighted by molar-refractivity contribution is 0.217. The molecule has 0 spiro atoms. The lowest BCUT2D eigenvalue weighted by Crippen LogP contribution is -2.43. The number of rotatable bonds is 5. The predicted octanol–water partition coefficient (Wildman–Crippen LogP) is 3.34. The van der Waals surface area contributed by atoms with E-state index in [4.69, 9.17) is 5.84 Å². The summed E-state index contributed by atoms with van der Waals surface area (Å²) in [5, 5.41) is 2.15. The quantitative estimate of drug-likeness (QED) is 0.623. The molecule has 0 amide bonds. The van der Waals surface area contributed by atoms with Crippen LogP contribution in [0.5, 0.6) is 0 Å². The van der Waals surface area contributed by atoms with Crippen LogP contribution in [0.2, 0.25) is 0 Å². The van der Waals surface area contributed by atoms with Crippen LogP contribution in [0.1, 0.15) is 43.9 Å². The fourth-order valence-corrected chi connectivity index (χ4v) is 3.77. The van der Waals surface area contributed by atoms with Crippen LogP contribution >= 0.6 is 11.3 Å². The molecule has 1 aliphatic rings. The highest BCUT2D eigenvalue weighted by Gasteiger charge is 2.26. The molecule has 1 fully saturated rings. The van der Waals surface area contributed by atoms with E-state index in [0.29, 0.717) is 6.04 Å². The van der Waals surface area contributed by atoms with Gasteiger partial charge in [0.2, 0.25) is 0 Å². The number of nitrogens with one attached hydrogen (secondary N) is 1. The molecule has 1 aromatic rings. The Bertz CT molecular complexity index is 302. The molecule has 2 rings (SSSR count). The van der Waals surface area contributed by atoms with Crippen LogP contribution in [-0.2, 0) is 6.42 Å². The standard InChI is InChI=1S/C14H24N2S/c1-2-11-5-7-12(8-6-11)14(16-15)10-13-4-3-9-17-13/h3-4,9,11-12,14,16H,2,5-8,10,15H2,1H3. The Hall–Kier alpha value is -0.380. The van der Waals surface area contributed by atoms with Gasteiger partial charge in [0.1, 0.15) is 0 Å². The van der Waals surface area contributed by atoms with Gasteiger partial charge in [-0.15, -0.1) is 11.3 Å². The van der Waals surface area contributed by atoms with E-state index in [1.54, 1.807) is 0 Å². The van der Waals surface area contributed by atoms with E-state index in [1.165, 1.54) is 37.0 Å². The summed E-state index contributed by atoms with van der Waals surface area (Å²) in [4.78, 5) is 1.45. The zero-order chi connectivity index (χ0) is 12.1. The molecule has 1 unspecified atom stereocenters. The topological polar surface area (TPSA) is 38.0 Å². The Balaban J connectivity index is 1.86. The van der Waals surface area contributed by atoms with Crippen LogP contribution in [-0.4, -0.2) is 6.04 Å². The third-order valence-corrected chi connectivity index (χ3v) is 5.15. The second-order valence-corrected chi connectivity index (χ2v) is 6.28. The normalized spacial score (nSPS) is 26.9. The predicted molar refractivity (Wildman–Crippen MR) is 74.9 cm³/mol. The van der Waals surface area contributed by atoms with Crippen LogP contribution in [0, 0.1) is 11.8 Å². The van der Waals surface area contributed by atoms with E-state index in [1.807, 2.05) is 11.3 Å². The molecule has 1 atom stereocenters. The number of thiophene rings is 1. The van der Waals surface area contributed by atoms with Crippen molar-refractivity contribution in [3.05, 3.63) is 22.4 Å². The number of hydrazine groups is 1. The average Bonchev–Trinajstić information content (AvgIpc) is 2.89. The van der Waals surface area contributed by atoms with E-state index in [9.17, 15) is 0 Å². The number of nitrogens with two attached hydrogens (primary N) is 1. The van der Waals surface area contributed by atoms with Gasteiger partial charge in [0.15, 0.2) is 0 Å². The maximum atomic E-state index is 5.74. The first-order chi connectivity index (χ1) is 8.33. The molecule has 96 valence electrons. The van der Waals surface area contributed by atoms with Gasteiger partial charge in [-0.05, 0) is 42.5 Å².